The average molecular weight is 1300 g/mol. The van der Waals surface area contributed by atoms with Crippen LogP contribution in [0.1, 0.15) is 193 Å². The van der Waals surface area contributed by atoms with Crippen LogP contribution in [0.3, 0.4) is 0 Å². The van der Waals surface area contributed by atoms with Gasteiger partial charge in [-0.25, -0.2) is 0 Å². The number of aromatic hydroxyl groups is 2. The first-order valence-electron chi connectivity index (χ1n) is 34.0. The van der Waals surface area contributed by atoms with Crippen molar-refractivity contribution in [1.29, 1.82) is 0 Å². The summed E-state index contributed by atoms with van der Waals surface area (Å²) < 4.78 is 6.31. The highest BCUT2D eigenvalue weighted by molar-refractivity contribution is 8.77. The van der Waals surface area contributed by atoms with Gasteiger partial charge in [0.25, 0.3) is 0 Å². The number of ketones is 2. The molecule has 5 saturated carbocycles. The highest BCUT2D eigenvalue weighted by Crippen LogP contribution is 2.65. The monoisotopic (exact) mass is 1300 g/mol. The molecule has 482 valence electrons. The number of carbonyl (C=O) groups is 2. The van der Waals surface area contributed by atoms with E-state index < -0.39 is 28.7 Å². The molecule has 5 aromatic rings. The van der Waals surface area contributed by atoms with Gasteiger partial charge in [-0.15, -0.1) is 0 Å². The van der Waals surface area contributed by atoms with Gasteiger partial charge < -0.3 is 46.7 Å². The van der Waals surface area contributed by atoms with Crippen LogP contribution in [0, 0.1) is 70.0 Å². The summed E-state index contributed by atoms with van der Waals surface area (Å²) in [5.41, 5.74) is 20.8. The molecule has 91 heavy (non-hydrogen) atoms. The van der Waals surface area contributed by atoms with Gasteiger partial charge in [0.05, 0.1) is 37.0 Å². The Morgan fingerprint density at radius 1 is 0.725 bits per heavy atom. The van der Waals surface area contributed by atoms with Gasteiger partial charge in [0.15, 0.2) is 23.1 Å². The van der Waals surface area contributed by atoms with Crippen molar-refractivity contribution >= 4 is 54.7 Å². The second-order valence-electron chi connectivity index (χ2n) is 29.6. The van der Waals surface area contributed by atoms with Crippen LogP contribution >= 0.6 is 43.2 Å². The summed E-state index contributed by atoms with van der Waals surface area (Å²) in [5, 5.41) is 62.2. The number of benzene rings is 4. The van der Waals surface area contributed by atoms with Crippen molar-refractivity contribution in [2.24, 2.45) is 69.6 Å². The summed E-state index contributed by atoms with van der Waals surface area (Å²) >= 11 is 0. The minimum Gasteiger partial charge on any atom is -0.508 e. The zero-order valence-corrected chi connectivity index (χ0v) is 55.7. The van der Waals surface area contributed by atoms with Gasteiger partial charge in [-0.1, -0.05) is 129 Å². The van der Waals surface area contributed by atoms with Gasteiger partial charge >= 0.3 is 0 Å². The van der Waals surface area contributed by atoms with E-state index in [4.69, 9.17) is 16.2 Å². The smallest absolute Gasteiger partial charge is 0.165 e. The van der Waals surface area contributed by atoms with Crippen LogP contribution in [0.5, 0.6) is 17.2 Å². The van der Waals surface area contributed by atoms with Crippen molar-refractivity contribution < 1.29 is 39.9 Å². The Morgan fingerprint density at radius 3 is 2.40 bits per heavy atom. The number of hydrogen-bond donors (Lipinski definition) is 8. The SMILES string of the molecule is NC(N)c1cc2c3cc1CSSCC1CC4(C=CC(=O)CCc5ccc(O)c(c5)OCCc5ccc(O)c(c5)C3CC(=O)c3cc[nH]c3CC#C2)CCC2CC3(O)CC(CCC5CC6(CCCC6)CC53)CC3C2Cc2ccccc2C(CO)C3CSSCC1(O)C4. The molecule has 15 bridgehead atoms. The molecule has 15 heteroatoms. The van der Waals surface area contributed by atoms with E-state index in [-0.39, 0.29) is 72.8 Å². The van der Waals surface area contributed by atoms with Gasteiger partial charge in [-0.05, 0) is 223 Å². The summed E-state index contributed by atoms with van der Waals surface area (Å²) in [6, 6.07) is 25.6. The average Bonchev–Trinajstić information content (AvgIpc) is 1.52. The lowest BCUT2D eigenvalue weighted by molar-refractivity contribution is -0.114. The number of H-pyrrole nitrogens is 1. The Hall–Kier alpha value is -4.60. The Bertz CT molecular complexity index is 3630. The first-order chi connectivity index (χ1) is 44.1. The molecule has 2 spiro atoms. The molecule has 0 radical (unpaired) electrons. The van der Waals surface area contributed by atoms with E-state index in [1.54, 1.807) is 50.7 Å². The fourth-order valence-electron chi connectivity index (χ4n) is 19.8. The zero-order chi connectivity index (χ0) is 62.7. The summed E-state index contributed by atoms with van der Waals surface area (Å²) in [4.78, 5) is 32.3. The third-order valence-corrected chi connectivity index (χ3v) is 29.2. The number of allylic oxidation sites excluding steroid dienone is 2. The zero-order valence-electron chi connectivity index (χ0n) is 52.4. The molecule has 1 saturated heterocycles. The highest BCUT2D eigenvalue weighted by Gasteiger charge is 2.59. The first-order valence-corrected chi connectivity index (χ1v) is 39.0. The number of aliphatic hydroxyl groups is 3. The minimum absolute atomic E-state index is 0.000558. The number of aryl methyl sites for hydroxylation is 1. The van der Waals surface area contributed by atoms with E-state index in [1.165, 1.54) is 56.1 Å². The lowest BCUT2D eigenvalue weighted by Gasteiger charge is -2.48. The van der Waals surface area contributed by atoms with E-state index in [0.717, 1.165) is 84.2 Å². The number of nitrogens with one attached hydrogen (secondary N) is 1. The third kappa shape index (κ3) is 13.0. The largest absolute Gasteiger partial charge is 0.508 e. The Balaban J connectivity index is 0.837. The third-order valence-electron chi connectivity index (χ3n) is 24.2. The van der Waals surface area contributed by atoms with Crippen LogP contribution in [0.25, 0.3) is 0 Å². The van der Waals surface area contributed by atoms with Gasteiger partial charge in [-0.2, -0.15) is 0 Å². The fourth-order valence-corrected chi connectivity index (χ4v) is 25.3. The molecular formula is C76H91N3O8S4. The normalized spacial score (nSPS) is 33.4. The number of nitrogens with two attached hydrogens (primary N) is 2. The lowest BCUT2D eigenvalue weighted by atomic mass is 9.59. The molecule has 11 nitrogen and oxygen atoms in total. The van der Waals surface area contributed by atoms with Crippen LogP contribution in [-0.4, -0.2) is 83.8 Å². The fraction of sp³-hybridized carbons (Fsp3) is 0.553. The molecule has 0 amide bonds. The molecule has 14 rings (SSSR count). The van der Waals surface area contributed by atoms with Crippen molar-refractivity contribution in [3.05, 3.63) is 159 Å². The summed E-state index contributed by atoms with van der Waals surface area (Å²) in [6.45, 7) is 0.308. The number of aliphatic hydroxyl groups excluding tert-OH is 1. The van der Waals surface area contributed by atoms with Gasteiger partial charge in [0, 0.05) is 82.7 Å². The Kier molecular flexibility index (Phi) is 18.6. The summed E-state index contributed by atoms with van der Waals surface area (Å²) in [6.07, 6.45) is 23.1. The van der Waals surface area contributed by atoms with E-state index in [9.17, 15) is 35.1 Å². The van der Waals surface area contributed by atoms with Crippen molar-refractivity contribution in [2.45, 2.75) is 170 Å². The molecule has 7 aliphatic carbocycles. The van der Waals surface area contributed by atoms with E-state index in [0.29, 0.717) is 107 Å². The number of hydrogen-bond acceptors (Lipinski definition) is 14. The van der Waals surface area contributed by atoms with Crippen LogP contribution in [0.15, 0.2) is 97.2 Å². The van der Waals surface area contributed by atoms with Gasteiger partial charge in [0.2, 0.25) is 0 Å². The Morgan fingerprint density at radius 2 is 1.55 bits per heavy atom. The van der Waals surface area contributed by atoms with E-state index in [1.807, 2.05) is 53.3 Å². The van der Waals surface area contributed by atoms with Crippen molar-refractivity contribution in [1.82, 2.24) is 4.98 Å². The predicted octanol–water partition coefficient (Wildman–Crippen LogP) is 14.2. The summed E-state index contributed by atoms with van der Waals surface area (Å²) in [7, 11) is 7.12. The number of ether oxygens (including phenoxy) is 1. The quantitative estimate of drug-likeness (QED) is 0.0470. The number of phenols is 2. The number of phenolic OH excluding ortho intramolecular Hbond substituents is 2. The summed E-state index contributed by atoms with van der Waals surface area (Å²) in [5.74, 6) is 11.3. The molecule has 3 heterocycles. The molecule has 1 aromatic heterocycles. The molecular weight excluding hydrogens is 1210 g/mol. The topological polar surface area (TPSA) is 212 Å². The lowest BCUT2D eigenvalue weighted by Crippen LogP contribution is -2.47. The van der Waals surface area contributed by atoms with Crippen molar-refractivity contribution in [3.63, 3.8) is 0 Å². The second-order valence-corrected chi connectivity index (χ2v) is 34.6. The van der Waals surface area contributed by atoms with Gasteiger partial charge in [-0.3, -0.25) is 9.59 Å². The number of aromatic amines is 1. The maximum absolute atomic E-state index is 14.5. The van der Waals surface area contributed by atoms with Crippen molar-refractivity contribution in [2.75, 3.05) is 30.5 Å². The highest BCUT2D eigenvalue weighted by atomic mass is 33.1. The van der Waals surface area contributed by atoms with Crippen LogP contribution in [0.4, 0.5) is 0 Å². The molecule has 4 aromatic carbocycles. The van der Waals surface area contributed by atoms with Crippen LogP contribution in [0.2, 0.25) is 0 Å². The van der Waals surface area contributed by atoms with E-state index in [2.05, 4.69) is 53.2 Å². The minimum atomic E-state index is -1.07. The predicted molar refractivity (Wildman–Crippen MR) is 368 cm³/mol. The Labute approximate surface area is 553 Å². The van der Waals surface area contributed by atoms with E-state index >= 15 is 0 Å². The molecule has 2 aliphatic heterocycles. The van der Waals surface area contributed by atoms with Crippen LogP contribution in [-0.2, 0) is 36.2 Å². The number of fused-ring (bicyclic) bond motifs is 15. The first kappa shape index (κ1) is 63.8. The van der Waals surface area contributed by atoms with Crippen molar-refractivity contribution in [3.8, 4) is 29.1 Å². The molecule has 13 atom stereocenters. The van der Waals surface area contributed by atoms with Crippen LogP contribution < -0.4 is 16.2 Å². The molecule has 6 fully saturated rings. The maximum atomic E-state index is 14.5. The molecule has 10 N–H and O–H groups in total. The second kappa shape index (κ2) is 26.5. The standard InChI is InChI=1S/C76H91N3O8S4/c77-72(78)60-32-50-7-5-9-67-57(20-26-79-67)70(84)34-62-58(50)33-53(60)41-88-89-42-54-38-74(25-19-55(81)15-11-46-13-17-69(83)71(30-46)87-27-21-47-12-16-68(82)63(62)28-47)24-18-51-37-75(85)35-48(10-14-52-36-73(39-66(52)75)22-3-4-23-73)29-61-59(51)31-49-6-1-2-8-56(49)64(40-80)65(61)43-90-91-45-76(54,86)44-74/h1-2,6,8,12-13,16-17,19-20,25-26,28,30,32-33,48,51-52,54,59,61-62,64-66,72,79-80,82-83,85-86H,3-4,9-11,14-15,18,21-24,27,29,31,34-45,77-78H2. The molecule has 9 aliphatic rings. The molecule has 13 unspecified atom stereocenters. The number of carbonyl (C=O) groups excluding carboxylic acids is 2. The van der Waals surface area contributed by atoms with Gasteiger partial charge in [0.1, 0.15) is 5.75 Å². The number of rotatable bonds is 2. The maximum Gasteiger partial charge on any atom is 0.165 e. The number of Topliss-reactive ketones (excluding diaryl/α,β-unsaturated/α-hetero) is 1. The number of aromatic nitrogens is 1.